The van der Waals surface area contributed by atoms with Gasteiger partial charge in [0.25, 0.3) is 0 Å². The van der Waals surface area contributed by atoms with E-state index >= 15 is 0 Å². The molecule has 0 spiro atoms. The van der Waals surface area contributed by atoms with E-state index in [0.717, 1.165) is 55.4 Å². The van der Waals surface area contributed by atoms with Crippen LogP contribution in [0.25, 0.3) is 0 Å². The van der Waals surface area contributed by atoms with Gasteiger partial charge >= 0.3 is 47.8 Å². The van der Waals surface area contributed by atoms with Crippen molar-refractivity contribution in [3.8, 4) is 0 Å². The lowest BCUT2D eigenvalue weighted by atomic mass is 9.96. The van der Waals surface area contributed by atoms with Crippen molar-refractivity contribution in [1.29, 1.82) is 0 Å². The molecule has 0 aliphatic carbocycles. The first-order valence-corrected chi connectivity index (χ1v) is 14.2. The Morgan fingerprint density at radius 2 is 0.702 bits per heavy atom. The van der Waals surface area contributed by atoms with Gasteiger partial charge in [-0.1, -0.05) is 0 Å². The van der Waals surface area contributed by atoms with E-state index in [1.54, 1.807) is 0 Å². The van der Waals surface area contributed by atoms with E-state index in [1.165, 1.54) is 0 Å². The van der Waals surface area contributed by atoms with Crippen LogP contribution in [0.5, 0.6) is 0 Å². The molecule has 0 aromatic heterocycles. The number of rotatable bonds is 12. The minimum atomic E-state index is -1.83. The van der Waals surface area contributed by atoms with Crippen LogP contribution in [0.15, 0.2) is 0 Å². The van der Waals surface area contributed by atoms with Crippen molar-refractivity contribution in [3.63, 3.8) is 0 Å². The maximum Gasteiger partial charge on any atom is 0.305 e. The van der Waals surface area contributed by atoms with Crippen molar-refractivity contribution in [3.05, 3.63) is 0 Å². The third-order valence-electron chi connectivity index (χ3n) is 6.17. The highest BCUT2D eigenvalue weighted by atomic mass is 16.8. The zero-order valence-electron chi connectivity index (χ0n) is 26.9. The molecule has 0 N–H and O–H groups in total. The van der Waals surface area contributed by atoms with E-state index in [-0.39, 0.29) is 0 Å². The molecule has 19 nitrogen and oxygen atoms in total. The second-order valence-electron chi connectivity index (χ2n) is 10.3. The summed E-state index contributed by atoms with van der Waals surface area (Å²) in [5, 5.41) is 0. The van der Waals surface area contributed by atoms with E-state index in [2.05, 4.69) is 0 Å². The van der Waals surface area contributed by atoms with Crippen LogP contribution in [0.4, 0.5) is 0 Å². The lowest BCUT2D eigenvalue weighted by Gasteiger charge is -2.48. The first kappa shape index (κ1) is 38.8. The molecule has 264 valence electrons. The van der Waals surface area contributed by atoms with Crippen molar-refractivity contribution in [1.82, 2.24) is 0 Å². The van der Waals surface area contributed by atoms with Gasteiger partial charge in [0.15, 0.2) is 30.7 Å². The fraction of sp³-hybridized carbons (Fsp3) is 0.714. The van der Waals surface area contributed by atoms with Crippen molar-refractivity contribution < 1.29 is 90.5 Å². The molecule has 2 aliphatic heterocycles. The van der Waals surface area contributed by atoms with Crippen LogP contribution in [0, 0.1) is 0 Å². The summed E-state index contributed by atoms with van der Waals surface area (Å²) in [5.41, 5.74) is 0. The SMILES string of the molecule is CC(=O)OCC1O[C@H](OC(C)=O)C(OC(C)=O)[C@H](OC(C)=O)[C@@H]1O[C@@H]1OC(COC(C)=O)[C@H](OC(C)=O)[C@H](OC(C)=O)C1OC(C)=O. The van der Waals surface area contributed by atoms with E-state index < -0.39 is 122 Å². The summed E-state index contributed by atoms with van der Waals surface area (Å²) in [4.78, 5) is 96.3. The molecule has 0 aromatic carbocycles. The Bertz CT molecular complexity index is 1200. The van der Waals surface area contributed by atoms with Gasteiger partial charge in [0.1, 0.15) is 31.5 Å². The molecule has 4 unspecified atom stereocenters. The van der Waals surface area contributed by atoms with E-state index in [1.807, 2.05) is 0 Å². The van der Waals surface area contributed by atoms with Crippen LogP contribution in [0.2, 0.25) is 0 Å². The van der Waals surface area contributed by atoms with Gasteiger partial charge in [-0.15, -0.1) is 0 Å². The molecule has 0 radical (unpaired) electrons. The van der Waals surface area contributed by atoms with Gasteiger partial charge in [0.2, 0.25) is 12.4 Å². The minimum Gasteiger partial charge on any atom is -0.463 e. The third kappa shape index (κ3) is 12.1. The maximum atomic E-state index is 12.3. The summed E-state index contributed by atoms with van der Waals surface area (Å²) in [6, 6.07) is 0. The quantitative estimate of drug-likeness (QED) is 0.181. The van der Waals surface area contributed by atoms with Gasteiger partial charge < -0.3 is 52.1 Å². The lowest BCUT2D eigenvalue weighted by Crippen LogP contribution is -2.67. The number of carbonyl (C=O) groups excluding carboxylic acids is 8. The first-order valence-electron chi connectivity index (χ1n) is 14.2. The van der Waals surface area contributed by atoms with E-state index in [4.69, 9.17) is 52.1 Å². The summed E-state index contributed by atoms with van der Waals surface area (Å²) in [6.45, 7) is 7.05. The second kappa shape index (κ2) is 17.5. The fourth-order valence-corrected chi connectivity index (χ4v) is 4.73. The van der Waals surface area contributed by atoms with E-state index in [0.29, 0.717) is 0 Å². The summed E-state index contributed by atoms with van der Waals surface area (Å²) in [5.74, 6) is -7.02. The highest BCUT2D eigenvalue weighted by Gasteiger charge is 2.58. The normalized spacial score (nSPS) is 30.0. The van der Waals surface area contributed by atoms with Gasteiger partial charge in [0, 0.05) is 55.4 Å². The summed E-state index contributed by atoms with van der Waals surface area (Å²) < 4.78 is 60.2. The molecular weight excluding hydrogens is 640 g/mol. The molecule has 47 heavy (non-hydrogen) atoms. The molecule has 2 aliphatic rings. The molecule has 0 bridgehead atoms. The van der Waals surface area contributed by atoms with Gasteiger partial charge in [-0.2, -0.15) is 0 Å². The van der Waals surface area contributed by atoms with Crippen LogP contribution < -0.4 is 0 Å². The lowest BCUT2D eigenvalue weighted by molar-refractivity contribution is -0.357. The number of hydrogen-bond donors (Lipinski definition) is 0. The summed E-state index contributed by atoms with van der Waals surface area (Å²) in [7, 11) is 0. The van der Waals surface area contributed by atoms with Crippen molar-refractivity contribution in [2.45, 2.75) is 117 Å². The highest BCUT2D eigenvalue weighted by molar-refractivity contribution is 5.70. The average molecular weight is 679 g/mol. The summed E-state index contributed by atoms with van der Waals surface area (Å²) >= 11 is 0. The Morgan fingerprint density at radius 3 is 1.11 bits per heavy atom. The van der Waals surface area contributed by atoms with Crippen LogP contribution in [-0.2, 0) is 90.5 Å². The fourth-order valence-electron chi connectivity index (χ4n) is 4.73. The maximum absolute atomic E-state index is 12.3. The molecule has 10 atom stereocenters. The Morgan fingerprint density at radius 1 is 0.383 bits per heavy atom. The monoisotopic (exact) mass is 678 g/mol. The number of hydrogen-bond acceptors (Lipinski definition) is 19. The van der Waals surface area contributed by atoms with Gasteiger partial charge in [-0.25, -0.2) is 0 Å². The molecule has 2 heterocycles. The Balaban J connectivity index is 2.73. The molecule has 0 aromatic rings. The Labute approximate surface area is 268 Å². The van der Waals surface area contributed by atoms with Crippen LogP contribution in [-0.4, -0.2) is 122 Å². The standard InChI is InChI=1S/C28H38O19/c1-11(29)37-9-19-21(39-13(3)31)23(40-14(4)32)26(43-17(7)35)28(46-19)47-22-20(10-38-12(2)30)45-27(44-18(8)36)25(42-16(6)34)24(22)41-15(5)33/h19-28H,9-10H2,1-8H3/t19?,20?,21-,22+,23-,24+,25?,26?,27-,28-/m0/s1. The Hall–Kier alpha value is -4.36. The molecular formula is C28H38O19. The van der Waals surface area contributed by atoms with Gasteiger partial charge in [-0.3, -0.25) is 38.4 Å². The smallest absolute Gasteiger partial charge is 0.305 e. The minimum absolute atomic E-state index is 0.590. The third-order valence-corrected chi connectivity index (χ3v) is 6.17. The van der Waals surface area contributed by atoms with Crippen molar-refractivity contribution in [2.24, 2.45) is 0 Å². The number of ether oxygens (including phenoxy) is 11. The number of carbonyl (C=O) groups is 8. The molecule has 2 saturated heterocycles. The zero-order chi connectivity index (χ0) is 35.6. The van der Waals surface area contributed by atoms with Gasteiger partial charge in [0.05, 0.1) is 0 Å². The summed E-state index contributed by atoms with van der Waals surface area (Å²) in [6.07, 6.45) is -16.3. The van der Waals surface area contributed by atoms with Gasteiger partial charge in [-0.05, 0) is 0 Å². The molecule has 2 fully saturated rings. The zero-order valence-corrected chi connectivity index (χ0v) is 26.9. The van der Waals surface area contributed by atoms with Crippen molar-refractivity contribution in [2.75, 3.05) is 13.2 Å². The van der Waals surface area contributed by atoms with Crippen molar-refractivity contribution >= 4 is 47.8 Å². The Kier molecular flexibility index (Phi) is 14.5. The highest BCUT2D eigenvalue weighted by Crippen LogP contribution is 2.35. The van der Waals surface area contributed by atoms with Crippen LogP contribution >= 0.6 is 0 Å². The van der Waals surface area contributed by atoms with E-state index in [9.17, 15) is 38.4 Å². The molecule has 19 heteroatoms. The predicted octanol–water partition coefficient (Wildman–Crippen LogP) is -0.831. The number of esters is 8. The molecule has 0 amide bonds. The van der Waals surface area contributed by atoms with Crippen LogP contribution in [0.3, 0.4) is 0 Å². The average Bonchev–Trinajstić information content (AvgIpc) is 2.91. The second-order valence-corrected chi connectivity index (χ2v) is 10.3. The first-order chi connectivity index (χ1) is 21.9. The predicted molar refractivity (Wildman–Crippen MR) is 145 cm³/mol. The molecule has 0 saturated carbocycles. The largest absolute Gasteiger partial charge is 0.463 e. The van der Waals surface area contributed by atoms with Crippen LogP contribution in [0.1, 0.15) is 55.4 Å². The topological polar surface area (TPSA) is 238 Å². The molecule has 2 rings (SSSR count).